The Hall–Kier alpha value is -0.890. The highest BCUT2D eigenvalue weighted by atomic mass is 127. The third-order valence-corrected chi connectivity index (χ3v) is 4.05. The van der Waals surface area contributed by atoms with Crippen LogP contribution in [0.25, 0.3) is 0 Å². The molecule has 0 amide bonds. The van der Waals surface area contributed by atoms with E-state index in [1.165, 1.54) is 51.0 Å². The normalized spacial score (nSPS) is 15.2. The summed E-state index contributed by atoms with van der Waals surface area (Å²) in [7, 11) is 0. The van der Waals surface area contributed by atoms with Crippen LogP contribution < -0.4 is 10.6 Å². The van der Waals surface area contributed by atoms with Gasteiger partial charge in [0.25, 0.3) is 0 Å². The van der Waals surface area contributed by atoms with Crippen molar-refractivity contribution in [3.05, 3.63) is 35.6 Å². The molecule has 0 unspecified atom stereocenters. The lowest BCUT2D eigenvalue weighted by Gasteiger charge is -2.15. The Balaban J connectivity index is 0.00000288. The number of hydrogen-bond donors (Lipinski definition) is 2. The van der Waals surface area contributed by atoms with Crippen molar-refractivity contribution in [2.75, 3.05) is 32.7 Å². The summed E-state index contributed by atoms with van der Waals surface area (Å²) in [5.41, 5.74) is 0.885. The number of rotatable bonds is 8. The molecule has 0 atom stereocenters. The van der Waals surface area contributed by atoms with Crippen molar-refractivity contribution in [2.24, 2.45) is 4.99 Å². The predicted molar refractivity (Wildman–Crippen MR) is 110 cm³/mol. The molecule has 6 heteroatoms. The molecule has 24 heavy (non-hydrogen) atoms. The van der Waals surface area contributed by atoms with E-state index in [1.807, 2.05) is 13.0 Å². The van der Waals surface area contributed by atoms with E-state index < -0.39 is 0 Å². The lowest BCUT2D eigenvalue weighted by atomic mass is 10.2. The van der Waals surface area contributed by atoms with Crippen molar-refractivity contribution in [3.63, 3.8) is 0 Å². The summed E-state index contributed by atoms with van der Waals surface area (Å²) in [6.45, 7) is 8.02. The number of nitrogens with zero attached hydrogens (tertiary/aromatic N) is 2. The number of likely N-dealkylation sites (tertiary alicyclic amines) is 1. The van der Waals surface area contributed by atoms with Crippen LogP contribution in [0.3, 0.4) is 0 Å². The SMILES string of the molecule is CCNC(=NCc1cccc(F)c1)NCCCCN1CCCC1.I. The molecule has 0 bridgehead atoms. The van der Waals surface area contributed by atoms with E-state index in [1.54, 1.807) is 6.07 Å². The molecule has 1 aromatic rings. The summed E-state index contributed by atoms with van der Waals surface area (Å²) in [6, 6.07) is 6.60. The maximum atomic E-state index is 13.2. The Bertz CT molecular complexity index is 490. The first-order valence-electron chi connectivity index (χ1n) is 8.77. The van der Waals surface area contributed by atoms with E-state index in [9.17, 15) is 4.39 Å². The van der Waals surface area contributed by atoms with Gasteiger partial charge in [-0.2, -0.15) is 0 Å². The van der Waals surface area contributed by atoms with Gasteiger partial charge in [-0.15, -0.1) is 24.0 Å². The maximum absolute atomic E-state index is 13.2. The number of benzene rings is 1. The molecule has 1 aliphatic heterocycles. The van der Waals surface area contributed by atoms with Crippen LogP contribution in [0.1, 0.15) is 38.2 Å². The first-order chi connectivity index (χ1) is 11.3. The summed E-state index contributed by atoms with van der Waals surface area (Å²) < 4.78 is 13.2. The first-order valence-corrected chi connectivity index (χ1v) is 8.77. The first kappa shape index (κ1) is 21.2. The van der Waals surface area contributed by atoms with E-state index in [-0.39, 0.29) is 29.8 Å². The van der Waals surface area contributed by atoms with Gasteiger partial charge in [-0.25, -0.2) is 9.38 Å². The summed E-state index contributed by atoms with van der Waals surface area (Å²) in [5, 5.41) is 6.59. The third-order valence-electron chi connectivity index (χ3n) is 4.05. The largest absolute Gasteiger partial charge is 0.357 e. The molecule has 0 saturated carbocycles. The number of halogens is 2. The van der Waals surface area contributed by atoms with Gasteiger partial charge in [0.2, 0.25) is 0 Å². The van der Waals surface area contributed by atoms with Gasteiger partial charge in [0.1, 0.15) is 5.82 Å². The molecule has 136 valence electrons. The molecule has 2 rings (SSSR count). The molecular weight excluding hydrogens is 418 g/mol. The molecule has 0 radical (unpaired) electrons. The standard InChI is InChI=1S/C18H29FN4.HI/c1-2-20-18(22-15-16-8-7-9-17(19)14-16)21-10-3-4-11-23-12-5-6-13-23;/h7-9,14H,2-6,10-13,15H2,1H3,(H2,20,21,22);1H. The minimum absolute atomic E-state index is 0. The van der Waals surface area contributed by atoms with E-state index in [2.05, 4.69) is 20.5 Å². The predicted octanol–water partition coefficient (Wildman–Crippen LogP) is 3.37. The van der Waals surface area contributed by atoms with Crippen molar-refractivity contribution >= 4 is 29.9 Å². The van der Waals surface area contributed by atoms with E-state index in [0.717, 1.165) is 31.0 Å². The number of nitrogens with one attached hydrogen (secondary N) is 2. The average Bonchev–Trinajstić information content (AvgIpc) is 3.05. The average molecular weight is 448 g/mol. The second kappa shape index (κ2) is 12.5. The molecule has 1 fully saturated rings. The lowest BCUT2D eigenvalue weighted by molar-refractivity contribution is 0.330. The number of guanidine groups is 1. The number of hydrogen-bond acceptors (Lipinski definition) is 2. The molecule has 1 heterocycles. The van der Waals surface area contributed by atoms with Gasteiger partial charge in [0.15, 0.2) is 5.96 Å². The van der Waals surface area contributed by atoms with E-state index in [0.29, 0.717) is 6.54 Å². The van der Waals surface area contributed by atoms with Crippen molar-refractivity contribution in [1.82, 2.24) is 15.5 Å². The van der Waals surface area contributed by atoms with Crippen molar-refractivity contribution in [2.45, 2.75) is 39.2 Å². The Kier molecular flexibility index (Phi) is 11.0. The Morgan fingerprint density at radius 1 is 1.21 bits per heavy atom. The molecule has 1 aromatic carbocycles. The zero-order chi connectivity index (χ0) is 16.3. The zero-order valence-corrected chi connectivity index (χ0v) is 16.9. The lowest BCUT2D eigenvalue weighted by Crippen LogP contribution is -2.38. The minimum atomic E-state index is -0.211. The van der Waals surface area contributed by atoms with Crippen LogP contribution in [-0.2, 0) is 6.54 Å². The topological polar surface area (TPSA) is 39.7 Å². The monoisotopic (exact) mass is 448 g/mol. The second-order valence-corrected chi connectivity index (χ2v) is 6.01. The van der Waals surface area contributed by atoms with Gasteiger partial charge in [-0.05, 0) is 69.9 Å². The van der Waals surface area contributed by atoms with Crippen LogP contribution in [0.5, 0.6) is 0 Å². The fraction of sp³-hybridized carbons (Fsp3) is 0.611. The van der Waals surface area contributed by atoms with Crippen molar-refractivity contribution < 1.29 is 4.39 Å². The fourth-order valence-corrected chi connectivity index (χ4v) is 2.82. The molecule has 4 nitrogen and oxygen atoms in total. The van der Waals surface area contributed by atoms with Crippen LogP contribution in [0.4, 0.5) is 4.39 Å². The molecule has 1 aliphatic rings. The highest BCUT2D eigenvalue weighted by Crippen LogP contribution is 2.08. The summed E-state index contributed by atoms with van der Waals surface area (Å²) in [6.07, 6.45) is 5.07. The molecule has 0 aliphatic carbocycles. The van der Waals surface area contributed by atoms with E-state index in [4.69, 9.17) is 0 Å². The highest BCUT2D eigenvalue weighted by Gasteiger charge is 2.10. The van der Waals surface area contributed by atoms with E-state index >= 15 is 0 Å². The van der Waals surface area contributed by atoms with Gasteiger partial charge in [0.05, 0.1) is 6.54 Å². The Morgan fingerprint density at radius 2 is 2.00 bits per heavy atom. The Labute approximate surface area is 162 Å². The van der Waals surface area contributed by atoms with Crippen LogP contribution >= 0.6 is 24.0 Å². The Morgan fingerprint density at radius 3 is 2.71 bits per heavy atom. The highest BCUT2D eigenvalue weighted by molar-refractivity contribution is 14.0. The quantitative estimate of drug-likeness (QED) is 0.277. The zero-order valence-electron chi connectivity index (χ0n) is 14.6. The molecule has 0 spiro atoms. The molecule has 0 aromatic heterocycles. The third kappa shape index (κ3) is 8.28. The summed E-state index contributed by atoms with van der Waals surface area (Å²) >= 11 is 0. The van der Waals surface area contributed by atoms with Gasteiger partial charge in [0, 0.05) is 13.1 Å². The van der Waals surface area contributed by atoms with Gasteiger partial charge >= 0.3 is 0 Å². The van der Waals surface area contributed by atoms with Gasteiger partial charge in [-0.3, -0.25) is 0 Å². The summed E-state index contributed by atoms with van der Waals surface area (Å²) in [4.78, 5) is 7.06. The van der Waals surface area contributed by atoms with Gasteiger partial charge in [-0.1, -0.05) is 12.1 Å². The number of aliphatic imine (C=N–C) groups is 1. The second-order valence-electron chi connectivity index (χ2n) is 6.01. The fourth-order valence-electron chi connectivity index (χ4n) is 2.82. The van der Waals surface area contributed by atoms with Crippen LogP contribution in [-0.4, -0.2) is 43.6 Å². The van der Waals surface area contributed by atoms with Gasteiger partial charge < -0.3 is 15.5 Å². The number of unbranched alkanes of at least 4 members (excludes halogenated alkanes) is 1. The van der Waals surface area contributed by atoms with Crippen molar-refractivity contribution in [3.8, 4) is 0 Å². The van der Waals surface area contributed by atoms with Crippen LogP contribution in [0.2, 0.25) is 0 Å². The minimum Gasteiger partial charge on any atom is -0.357 e. The van der Waals surface area contributed by atoms with Crippen molar-refractivity contribution in [1.29, 1.82) is 0 Å². The summed E-state index contributed by atoms with van der Waals surface area (Å²) in [5.74, 6) is 0.593. The molecular formula is C18H30FIN4. The van der Waals surface area contributed by atoms with Crippen LogP contribution in [0.15, 0.2) is 29.3 Å². The molecule has 2 N–H and O–H groups in total. The maximum Gasteiger partial charge on any atom is 0.191 e. The smallest absolute Gasteiger partial charge is 0.191 e. The molecule has 1 saturated heterocycles. The van der Waals surface area contributed by atoms with Crippen LogP contribution in [0, 0.1) is 5.82 Å².